The number of anilines is 2. The Kier molecular flexibility index (Phi) is 3.94. The number of rotatable bonds is 4. The first-order chi connectivity index (χ1) is 9.51. The van der Waals surface area contributed by atoms with Crippen molar-refractivity contribution in [2.24, 2.45) is 0 Å². The van der Waals surface area contributed by atoms with Crippen LogP contribution in [0.3, 0.4) is 0 Å². The van der Waals surface area contributed by atoms with Crippen LogP contribution in [-0.4, -0.2) is 22.0 Å². The number of hydrogen-bond acceptors (Lipinski definition) is 6. The molecule has 0 aliphatic heterocycles. The van der Waals surface area contributed by atoms with Gasteiger partial charge in [-0.1, -0.05) is 0 Å². The summed E-state index contributed by atoms with van der Waals surface area (Å²) in [6, 6.07) is 3.89. The van der Waals surface area contributed by atoms with E-state index in [0.717, 1.165) is 12.3 Å². The summed E-state index contributed by atoms with van der Waals surface area (Å²) in [6.45, 7) is 0. The minimum atomic E-state index is -0.653. The van der Waals surface area contributed by atoms with Gasteiger partial charge in [-0.05, 0) is 23.7 Å². The molecule has 0 unspecified atom stereocenters. The van der Waals surface area contributed by atoms with E-state index in [-0.39, 0.29) is 22.5 Å². The Morgan fingerprint density at radius 2 is 2.25 bits per heavy atom. The first kappa shape index (κ1) is 13.9. The summed E-state index contributed by atoms with van der Waals surface area (Å²) in [4.78, 5) is 17.5. The van der Waals surface area contributed by atoms with Crippen LogP contribution in [-0.2, 0) is 0 Å². The van der Waals surface area contributed by atoms with Gasteiger partial charge in [0.25, 0.3) is 0 Å². The van der Waals surface area contributed by atoms with Gasteiger partial charge < -0.3 is 10.1 Å². The molecule has 0 aliphatic rings. The molecule has 0 fully saturated rings. The molecule has 0 atom stereocenters. The second kappa shape index (κ2) is 5.66. The first-order valence-corrected chi connectivity index (χ1v) is 5.66. The Balaban J connectivity index is 2.39. The number of methoxy groups -OCH3 is 1. The zero-order valence-corrected chi connectivity index (χ0v) is 10.9. The van der Waals surface area contributed by atoms with E-state index in [4.69, 9.17) is 16.3 Å². The van der Waals surface area contributed by atoms with E-state index in [0.29, 0.717) is 5.69 Å². The molecule has 1 aromatic heterocycles. The number of ether oxygens (including phenoxy) is 1. The van der Waals surface area contributed by atoms with Crippen molar-refractivity contribution < 1.29 is 14.1 Å². The molecule has 20 heavy (non-hydrogen) atoms. The van der Waals surface area contributed by atoms with E-state index >= 15 is 0 Å². The highest BCUT2D eigenvalue weighted by Crippen LogP contribution is 2.28. The summed E-state index contributed by atoms with van der Waals surface area (Å²) in [5, 5.41) is 13.4. The number of nitrogens with one attached hydrogen (secondary N) is 1. The van der Waals surface area contributed by atoms with Gasteiger partial charge in [0.15, 0.2) is 11.6 Å². The molecule has 2 rings (SSSR count). The lowest BCUT2D eigenvalue weighted by molar-refractivity contribution is -0.384. The third kappa shape index (κ3) is 2.91. The van der Waals surface area contributed by atoms with Crippen LogP contribution in [0.5, 0.6) is 5.75 Å². The number of benzene rings is 1. The average molecular weight is 299 g/mol. The second-order valence-corrected chi connectivity index (χ2v) is 3.94. The van der Waals surface area contributed by atoms with Gasteiger partial charge in [-0.25, -0.2) is 9.37 Å². The van der Waals surface area contributed by atoms with E-state index in [2.05, 4.69) is 15.3 Å². The number of hydrogen-bond donors (Lipinski definition) is 1. The molecule has 1 heterocycles. The van der Waals surface area contributed by atoms with Crippen molar-refractivity contribution >= 4 is 28.8 Å². The summed E-state index contributed by atoms with van der Waals surface area (Å²) in [5.74, 6) is -0.644. The van der Waals surface area contributed by atoms with Gasteiger partial charge in [0.05, 0.1) is 12.0 Å². The maximum Gasteiger partial charge on any atom is 0.329 e. The molecule has 9 heteroatoms. The highest BCUT2D eigenvalue weighted by Gasteiger charge is 2.17. The van der Waals surface area contributed by atoms with Crippen LogP contribution in [0, 0.1) is 15.9 Å². The van der Waals surface area contributed by atoms with Crippen LogP contribution in [0.2, 0.25) is 5.28 Å². The second-order valence-electron chi connectivity index (χ2n) is 3.60. The normalized spacial score (nSPS) is 10.2. The Hall–Kier alpha value is -2.48. The smallest absolute Gasteiger partial charge is 0.329 e. The highest BCUT2D eigenvalue weighted by atomic mass is 35.5. The van der Waals surface area contributed by atoms with Crippen molar-refractivity contribution in [3.8, 4) is 5.75 Å². The molecule has 1 aromatic carbocycles. The molecule has 104 valence electrons. The van der Waals surface area contributed by atoms with Crippen LogP contribution in [0.1, 0.15) is 0 Å². The van der Waals surface area contributed by atoms with Crippen molar-refractivity contribution in [2.75, 3.05) is 12.4 Å². The van der Waals surface area contributed by atoms with Gasteiger partial charge in [-0.2, -0.15) is 4.98 Å². The van der Waals surface area contributed by atoms with Crippen LogP contribution < -0.4 is 10.1 Å². The highest BCUT2D eigenvalue weighted by molar-refractivity contribution is 6.28. The van der Waals surface area contributed by atoms with E-state index in [1.807, 2.05) is 0 Å². The molecule has 7 nitrogen and oxygen atoms in total. The van der Waals surface area contributed by atoms with Crippen molar-refractivity contribution in [1.82, 2.24) is 9.97 Å². The van der Waals surface area contributed by atoms with Gasteiger partial charge in [0.1, 0.15) is 6.20 Å². The molecule has 0 aliphatic carbocycles. The molecule has 2 aromatic rings. The monoisotopic (exact) mass is 298 g/mol. The quantitative estimate of drug-likeness (QED) is 0.530. The van der Waals surface area contributed by atoms with Crippen LogP contribution in [0.4, 0.5) is 21.6 Å². The van der Waals surface area contributed by atoms with E-state index in [1.54, 1.807) is 0 Å². The minimum absolute atomic E-state index is 0.00203. The van der Waals surface area contributed by atoms with E-state index < -0.39 is 10.7 Å². The van der Waals surface area contributed by atoms with Crippen molar-refractivity contribution in [3.63, 3.8) is 0 Å². The van der Waals surface area contributed by atoms with Gasteiger partial charge >= 0.3 is 5.69 Å². The third-order valence-corrected chi connectivity index (χ3v) is 2.53. The molecule has 0 bridgehead atoms. The summed E-state index contributed by atoms with van der Waals surface area (Å²) in [5.41, 5.74) is 0.0128. The van der Waals surface area contributed by atoms with E-state index in [1.165, 1.54) is 19.2 Å². The number of nitrogens with zero attached hydrogens (tertiary/aromatic N) is 3. The Morgan fingerprint density at radius 1 is 1.50 bits per heavy atom. The molecule has 0 saturated heterocycles. The summed E-state index contributed by atoms with van der Waals surface area (Å²) in [7, 11) is 1.31. The summed E-state index contributed by atoms with van der Waals surface area (Å²) >= 11 is 5.60. The predicted octanol–water partition coefficient (Wildman–Crippen LogP) is 2.93. The topological polar surface area (TPSA) is 90.2 Å². The molecule has 0 spiro atoms. The maximum absolute atomic E-state index is 13.3. The fourth-order valence-electron chi connectivity index (χ4n) is 1.45. The van der Waals surface area contributed by atoms with Crippen LogP contribution in [0.15, 0.2) is 24.4 Å². The molecule has 1 N–H and O–H groups in total. The van der Waals surface area contributed by atoms with Crippen LogP contribution >= 0.6 is 11.6 Å². The van der Waals surface area contributed by atoms with Crippen molar-refractivity contribution in [2.45, 2.75) is 0 Å². The minimum Gasteiger partial charge on any atom is -0.494 e. The Morgan fingerprint density at radius 3 is 2.90 bits per heavy atom. The zero-order chi connectivity index (χ0) is 14.7. The molecule has 0 saturated carbocycles. The van der Waals surface area contributed by atoms with Gasteiger partial charge in [0, 0.05) is 11.8 Å². The average Bonchev–Trinajstić information content (AvgIpc) is 2.40. The predicted molar refractivity (Wildman–Crippen MR) is 69.9 cm³/mol. The Bertz CT molecular complexity index is 668. The lowest BCUT2D eigenvalue weighted by Gasteiger charge is -2.08. The molecule has 0 amide bonds. The lowest BCUT2D eigenvalue weighted by atomic mass is 10.3. The number of aromatic nitrogens is 2. The van der Waals surface area contributed by atoms with Crippen molar-refractivity contribution in [1.29, 1.82) is 0 Å². The number of nitro groups is 1. The Labute approximate surface area is 117 Å². The summed E-state index contributed by atoms with van der Waals surface area (Å²) in [6.07, 6.45) is 0.985. The number of halogens is 2. The third-order valence-electron chi connectivity index (χ3n) is 2.35. The standard InChI is InChI=1S/C11H8ClFN4O3/c1-20-9-4-6(2-3-7(9)13)15-10-8(17(18)19)5-14-11(12)16-10/h2-5H,1H3,(H,14,15,16). The lowest BCUT2D eigenvalue weighted by Crippen LogP contribution is -2.01. The van der Waals surface area contributed by atoms with Gasteiger partial charge in [0.2, 0.25) is 11.1 Å². The molecular formula is C11H8ClFN4O3. The SMILES string of the molecule is COc1cc(Nc2nc(Cl)ncc2[N+](=O)[O-])ccc1F. The van der Waals surface area contributed by atoms with Gasteiger partial charge in [-0.15, -0.1) is 0 Å². The van der Waals surface area contributed by atoms with Gasteiger partial charge in [-0.3, -0.25) is 10.1 Å². The first-order valence-electron chi connectivity index (χ1n) is 5.28. The van der Waals surface area contributed by atoms with Crippen molar-refractivity contribution in [3.05, 3.63) is 45.6 Å². The molecule has 0 radical (unpaired) electrons. The molecular weight excluding hydrogens is 291 g/mol. The fraction of sp³-hybridized carbons (Fsp3) is 0.0909. The van der Waals surface area contributed by atoms with E-state index in [9.17, 15) is 14.5 Å². The zero-order valence-electron chi connectivity index (χ0n) is 10.1. The van der Waals surface area contributed by atoms with Crippen LogP contribution in [0.25, 0.3) is 0 Å². The fourth-order valence-corrected chi connectivity index (χ4v) is 1.59. The maximum atomic E-state index is 13.3. The summed E-state index contributed by atoms with van der Waals surface area (Å²) < 4.78 is 18.1. The largest absolute Gasteiger partial charge is 0.494 e.